The molecule has 2 atom stereocenters. The molecule has 0 saturated heterocycles. The first kappa shape index (κ1) is 23.3. The fourth-order valence-corrected chi connectivity index (χ4v) is 4.08. The average Bonchev–Trinajstić information content (AvgIpc) is 3.05. The van der Waals surface area contributed by atoms with Gasteiger partial charge in [0.05, 0.1) is 6.42 Å². The SMILES string of the molecule is CC(C)[C@H](CC(=O)O)NC(=O)C[C@H](C)NC(=O)OCC1c2ccccc2-c2ccccc21. The normalized spacial score (nSPS) is 14.2. The number of amides is 2. The van der Waals surface area contributed by atoms with E-state index in [2.05, 4.69) is 34.9 Å². The van der Waals surface area contributed by atoms with Gasteiger partial charge in [-0.15, -0.1) is 0 Å². The van der Waals surface area contributed by atoms with Crippen LogP contribution in [0.4, 0.5) is 4.79 Å². The molecule has 3 N–H and O–H groups in total. The van der Waals surface area contributed by atoms with E-state index in [1.807, 2.05) is 38.1 Å². The molecule has 0 fully saturated rings. The lowest BCUT2D eigenvalue weighted by atomic mass is 9.98. The number of carbonyl (C=O) groups is 3. The minimum absolute atomic E-state index is 0.0135. The number of fused-ring (bicyclic) bond motifs is 3. The second-order valence-corrected chi connectivity index (χ2v) is 8.59. The van der Waals surface area contributed by atoms with E-state index in [1.165, 1.54) is 0 Å². The molecule has 0 unspecified atom stereocenters. The van der Waals surface area contributed by atoms with Crippen LogP contribution >= 0.6 is 0 Å². The molecule has 2 aromatic carbocycles. The summed E-state index contributed by atoms with van der Waals surface area (Å²) in [5.74, 6) is -1.32. The van der Waals surface area contributed by atoms with Gasteiger partial charge in [0.15, 0.2) is 0 Å². The molecule has 2 amide bonds. The number of ether oxygens (including phenoxy) is 1. The van der Waals surface area contributed by atoms with Gasteiger partial charge < -0.3 is 20.5 Å². The lowest BCUT2D eigenvalue weighted by Crippen LogP contribution is -2.43. The van der Waals surface area contributed by atoms with Gasteiger partial charge in [-0.1, -0.05) is 62.4 Å². The van der Waals surface area contributed by atoms with Crippen molar-refractivity contribution in [2.75, 3.05) is 6.61 Å². The van der Waals surface area contributed by atoms with E-state index in [0.717, 1.165) is 22.3 Å². The maximum atomic E-state index is 12.3. The number of carbonyl (C=O) groups excluding carboxylic acids is 2. The first-order valence-electron chi connectivity index (χ1n) is 10.9. The minimum atomic E-state index is -0.964. The van der Waals surface area contributed by atoms with Crippen LogP contribution in [-0.4, -0.2) is 41.8 Å². The predicted molar refractivity (Wildman–Crippen MR) is 121 cm³/mol. The van der Waals surface area contributed by atoms with Crippen LogP contribution in [0.15, 0.2) is 48.5 Å². The monoisotopic (exact) mass is 438 g/mol. The second kappa shape index (κ2) is 10.3. The van der Waals surface area contributed by atoms with Gasteiger partial charge in [-0.2, -0.15) is 0 Å². The van der Waals surface area contributed by atoms with Crippen molar-refractivity contribution in [2.45, 2.75) is 51.6 Å². The number of carboxylic acid groups (broad SMARTS) is 1. The summed E-state index contributed by atoms with van der Waals surface area (Å²) in [6.45, 7) is 5.62. The molecular weight excluding hydrogens is 408 g/mol. The fourth-order valence-electron chi connectivity index (χ4n) is 4.08. The molecule has 0 bridgehead atoms. The largest absolute Gasteiger partial charge is 0.481 e. The van der Waals surface area contributed by atoms with Crippen molar-refractivity contribution in [2.24, 2.45) is 5.92 Å². The summed E-state index contributed by atoms with van der Waals surface area (Å²) in [5.41, 5.74) is 4.57. The number of rotatable bonds is 9. The lowest BCUT2D eigenvalue weighted by Gasteiger charge is -2.22. The highest BCUT2D eigenvalue weighted by atomic mass is 16.5. The number of hydrogen-bond acceptors (Lipinski definition) is 4. The molecule has 0 aromatic heterocycles. The Morgan fingerprint density at radius 2 is 1.47 bits per heavy atom. The summed E-state index contributed by atoms with van der Waals surface area (Å²) in [4.78, 5) is 35.6. The highest BCUT2D eigenvalue weighted by molar-refractivity contribution is 5.80. The Hall–Kier alpha value is -3.35. The van der Waals surface area contributed by atoms with Crippen molar-refractivity contribution in [3.63, 3.8) is 0 Å². The van der Waals surface area contributed by atoms with E-state index in [0.29, 0.717) is 0 Å². The third-order valence-electron chi connectivity index (χ3n) is 5.75. The van der Waals surface area contributed by atoms with Crippen LogP contribution < -0.4 is 10.6 Å². The minimum Gasteiger partial charge on any atom is -0.481 e. The Morgan fingerprint density at radius 1 is 0.906 bits per heavy atom. The Balaban J connectivity index is 1.52. The van der Waals surface area contributed by atoms with Gasteiger partial charge in [0.1, 0.15) is 6.61 Å². The van der Waals surface area contributed by atoms with Gasteiger partial charge in [-0.3, -0.25) is 9.59 Å². The summed E-state index contributed by atoms with van der Waals surface area (Å²) in [7, 11) is 0. The van der Waals surface area contributed by atoms with E-state index >= 15 is 0 Å². The Morgan fingerprint density at radius 3 is 2.00 bits per heavy atom. The van der Waals surface area contributed by atoms with Crippen LogP contribution in [0, 0.1) is 5.92 Å². The Labute approximate surface area is 188 Å². The summed E-state index contributed by atoms with van der Waals surface area (Å²) in [6, 6.07) is 15.3. The molecule has 0 spiro atoms. The van der Waals surface area contributed by atoms with E-state index in [4.69, 9.17) is 9.84 Å². The van der Waals surface area contributed by atoms with Crippen LogP contribution in [-0.2, 0) is 14.3 Å². The third-order valence-corrected chi connectivity index (χ3v) is 5.75. The molecule has 1 aliphatic rings. The third kappa shape index (κ3) is 5.66. The van der Waals surface area contributed by atoms with Crippen LogP contribution in [0.25, 0.3) is 11.1 Å². The molecule has 0 radical (unpaired) electrons. The molecular formula is C25H30N2O5. The smallest absolute Gasteiger partial charge is 0.407 e. The molecule has 32 heavy (non-hydrogen) atoms. The zero-order chi connectivity index (χ0) is 23.3. The van der Waals surface area contributed by atoms with Crippen molar-refractivity contribution < 1.29 is 24.2 Å². The lowest BCUT2D eigenvalue weighted by molar-refractivity contribution is -0.138. The van der Waals surface area contributed by atoms with Crippen molar-refractivity contribution in [1.29, 1.82) is 0 Å². The summed E-state index contributed by atoms with van der Waals surface area (Å²) in [6.07, 6.45) is -0.692. The number of alkyl carbamates (subject to hydrolysis) is 1. The van der Waals surface area contributed by atoms with Gasteiger partial charge in [-0.25, -0.2) is 4.79 Å². The van der Waals surface area contributed by atoms with Gasteiger partial charge in [-0.05, 0) is 35.1 Å². The van der Waals surface area contributed by atoms with E-state index < -0.39 is 24.1 Å². The maximum absolute atomic E-state index is 12.3. The number of aliphatic carboxylic acids is 1. The molecule has 0 aliphatic heterocycles. The Kier molecular flexibility index (Phi) is 7.51. The van der Waals surface area contributed by atoms with Gasteiger partial charge in [0.25, 0.3) is 0 Å². The Bertz CT molecular complexity index is 942. The highest BCUT2D eigenvalue weighted by Gasteiger charge is 2.29. The van der Waals surface area contributed by atoms with Gasteiger partial charge in [0.2, 0.25) is 5.91 Å². The maximum Gasteiger partial charge on any atom is 0.407 e. The fraction of sp³-hybridized carbons (Fsp3) is 0.400. The number of nitrogens with one attached hydrogen (secondary N) is 2. The van der Waals surface area contributed by atoms with E-state index in [9.17, 15) is 14.4 Å². The van der Waals surface area contributed by atoms with Gasteiger partial charge >= 0.3 is 12.1 Å². The van der Waals surface area contributed by atoms with Crippen LogP contribution in [0.5, 0.6) is 0 Å². The summed E-state index contributed by atoms with van der Waals surface area (Å²) < 4.78 is 5.50. The average molecular weight is 439 g/mol. The molecule has 0 saturated carbocycles. The summed E-state index contributed by atoms with van der Waals surface area (Å²) in [5, 5.41) is 14.4. The van der Waals surface area contributed by atoms with Crippen molar-refractivity contribution >= 4 is 18.0 Å². The standard InChI is InChI=1S/C25H30N2O5/c1-15(2)22(13-24(29)30)27-23(28)12-16(3)26-25(31)32-14-21-19-10-6-4-8-17(19)18-9-5-7-11-20(18)21/h4-11,15-16,21-22H,12-14H2,1-3H3,(H,26,31)(H,27,28)(H,29,30)/t16-,22-/m0/s1. The van der Waals surface area contributed by atoms with Crippen LogP contribution in [0.2, 0.25) is 0 Å². The first-order chi connectivity index (χ1) is 15.3. The van der Waals surface area contributed by atoms with E-state index in [1.54, 1.807) is 6.92 Å². The van der Waals surface area contributed by atoms with Gasteiger partial charge in [0, 0.05) is 24.4 Å². The van der Waals surface area contributed by atoms with Crippen LogP contribution in [0.1, 0.15) is 50.7 Å². The highest BCUT2D eigenvalue weighted by Crippen LogP contribution is 2.44. The number of carboxylic acids is 1. The van der Waals surface area contributed by atoms with Crippen molar-refractivity contribution in [3.05, 3.63) is 59.7 Å². The molecule has 3 rings (SSSR count). The molecule has 170 valence electrons. The van der Waals surface area contributed by atoms with Crippen molar-refractivity contribution in [1.82, 2.24) is 10.6 Å². The molecule has 1 aliphatic carbocycles. The molecule has 7 heteroatoms. The second-order valence-electron chi connectivity index (χ2n) is 8.59. The molecule has 7 nitrogen and oxygen atoms in total. The van der Waals surface area contributed by atoms with E-state index in [-0.39, 0.29) is 37.2 Å². The number of hydrogen-bond donors (Lipinski definition) is 3. The van der Waals surface area contributed by atoms with Crippen molar-refractivity contribution in [3.8, 4) is 11.1 Å². The molecule has 0 heterocycles. The van der Waals surface area contributed by atoms with Crippen LogP contribution in [0.3, 0.4) is 0 Å². The quantitative estimate of drug-likeness (QED) is 0.550. The predicted octanol–water partition coefficient (Wildman–Crippen LogP) is 3.92. The number of benzene rings is 2. The first-order valence-corrected chi connectivity index (χ1v) is 10.9. The zero-order valence-electron chi connectivity index (χ0n) is 18.6. The molecule has 2 aromatic rings. The topological polar surface area (TPSA) is 105 Å². The summed E-state index contributed by atoms with van der Waals surface area (Å²) >= 11 is 0. The zero-order valence-corrected chi connectivity index (χ0v) is 18.6.